The number of hydrogen-bond acceptors (Lipinski definition) is 4. The van der Waals surface area contributed by atoms with E-state index in [2.05, 4.69) is 9.88 Å². The smallest absolute Gasteiger partial charge is 0.181 e. The summed E-state index contributed by atoms with van der Waals surface area (Å²) in [4.78, 5) is 6.43. The molecule has 0 amide bonds. The first-order valence-electron chi connectivity index (χ1n) is 6.06. The lowest BCUT2D eigenvalue weighted by Crippen LogP contribution is -2.28. The van der Waals surface area contributed by atoms with Gasteiger partial charge in [0, 0.05) is 0 Å². The van der Waals surface area contributed by atoms with Gasteiger partial charge in [0.25, 0.3) is 0 Å². The summed E-state index contributed by atoms with van der Waals surface area (Å²) in [6.45, 7) is 2.29. The lowest BCUT2D eigenvalue weighted by Gasteiger charge is -2.25. The van der Waals surface area contributed by atoms with Gasteiger partial charge in [-0.3, -0.25) is 4.90 Å². The molecule has 1 atom stereocenters. The van der Waals surface area contributed by atoms with Crippen molar-refractivity contribution < 1.29 is 9.52 Å². The first-order valence-corrected chi connectivity index (χ1v) is 6.06. The molecule has 0 spiro atoms. The molecule has 0 bridgehead atoms. The van der Waals surface area contributed by atoms with Crippen LogP contribution >= 0.6 is 0 Å². The molecule has 4 heteroatoms. The molecule has 0 radical (unpaired) electrons. The van der Waals surface area contributed by atoms with E-state index in [9.17, 15) is 5.11 Å². The minimum atomic E-state index is 0.0898. The highest BCUT2D eigenvalue weighted by atomic mass is 16.3. The Kier molecular flexibility index (Phi) is 2.82. The van der Waals surface area contributed by atoms with E-state index in [4.69, 9.17) is 4.42 Å². The van der Waals surface area contributed by atoms with Crippen LogP contribution in [0.25, 0.3) is 11.1 Å². The quantitative estimate of drug-likeness (QED) is 0.878. The van der Waals surface area contributed by atoms with Crippen molar-refractivity contribution in [1.82, 2.24) is 9.88 Å². The van der Waals surface area contributed by atoms with E-state index in [1.54, 1.807) is 0 Å². The van der Waals surface area contributed by atoms with Gasteiger partial charge in [-0.25, -0.2) is 4.98 Å². The molecule has 0 aliphatic carbocycles. The van der Waals surface area contributed by atoms with E-state index in [-0.39, 0.29) is 12.6 Å². The zero-order valence-corrected chi connectivity index (χ0v) is 9.67. The Morgan fingerprint density at radius 3 is 2.94 bits per heavy atom. The van der Waals surface area contributed by atoms with Gasteiger partial charge in [0.15, 0.2) is 12.0 Å². The number of oxazole rings is 1. The fourth-order valence-corrected chi connectivity index (χ4v) is 2.56. The number of aliphatic hydroxyl groups is 1. The van der Waals surface area contributed by atoms with E-state index in [0.29, 0.717) is 0 Å². The van der Waals surface area contributed by atoms with Gasteiger partial charge < -0.3 is 9.52 Å². The lowest BCUT2D eigenvalue weighted by atomic mass is 10.1. The molecule has 90 valence electrons. The van der Waals surface area contributed by atoms with Crippen molar-refractivity contribution in [2.75, 3.05) is 19.7 Å². The fourth-order valence-electron chi connectivity index (χ4n) is 2.56. The van der Waals surface area contributed by atoms with Gasteiger partial charge in [0.05, 0.1) is 12.6 Å². The van der Waals surface area contributed by atoms with Crippen LogP contribution in [0.4, 0.5) is 0 Å². The Morgan fingerprint density at radius 1 is 1.35 bits per heavy atom. The SMILES string of the molecule is OCC(c1ccc2ncoc2c1)N1CCCC1. The van der Waals surface area contributed by atoms with Crippen LogP contribution in [0.5, 0.6) is 0 Å². The second-order valence-electron chi connectivity index (χ2n) is 4.52. The van der Waals surface area contributed by atoms with E-state index in [0.717, 1.165) is 29.8 Å². The number of rotatable bonds is 3. The molecule has 1 aromatic carbocycles. The van der Waals surface area contributed by atoms with Gasteiger partial charge in [0.1, 0.15) is 5.52 Å². The maximum atomic E-state index is 9.57. The molecular weight excluding hydrogens is 216 g/mol. The minimum absolute atomic E-state index is 0.0898. The molecule has 2 heterocycles. The Labute approximate surface area is 99.9 Å². The summed E-state index contributed by atoms with van der Waals surface area (Å²) in [5.74, 6) is 0. The zero-order chi connectivity index (χ0) is 11.7. The van der Waals surface area contributed by atoms with Crippen LogP contribution < -0.4 is 0 Å². The van der Waals surface area contributed by atoms with Gasteiger partial charge in [0.2, 0.25) is 0 Å². The van der Waals surface area contributed by atoms with E-state index in [1.165, 1.54) is 19.2 Å². The van der Waals surface area contributed by atoms with Crippen molar-refractivity contribution >= 4 is 11.1 Å². The van der Waals surface area contributed by atoms with Crippen LogP contribution in [-0.2, 0) is 0 Å². The summed E-state index contributed by atoms with van der Waals surface area (Å²) in [6.07, 6.45) is 3.90. The molecular formula is C13H16N2O2. The molecule has 1 aliphatic heterocycles. The molecule has 17 heavy (non-hydrogen) atoms. The predicted molar refractivity (Wildman–Crippen MR) is 64.6 cm³/mol. The Balaban J connectivity index is 1.93. The second-order valence-corrected chi connectivity index (χ2v) is 4.52. The molecule has 1 N–H and O–H groups in total. The molecule has 0 saturated carbocycles. The molecule has 3 rings (SSSR count). The highest BCUT2D eigenvalue weighted by Crippen LogP contribution is 2.26. The number of likely N-dealkylation sites (tertiary alicyclic amines) is 1. The molecule has 1 saturated heterocycles. The molecule has 1 aliphatic rings. The second kappa shape index (κ2) is 4.47. The first kappa shape index (κ1) is 10.7. The average molecular weight is 232 g/mol. The predicted octanol–water partition coefficient (Wildman–Crippen LogP) is 1.96. The van der Waals surface area contributed by atoms with Crippen LogP contribution in [-0.4, -0.2) is 34.7 Å². The normalized spacial score (nSPS) is 18.9. The van der Waals surface area contributed by atoms with Crippen LogP contribution in [0.3, 0.4) is 0 Å². The van der Waals surface area contributed by atoms with Gasteiger partial charge in [-0.05, 0) is 43.6 Å². The number of aromatic nitrogens is 1. The summed E-state index contributed by atoms with van der Waals surface area (Å²) >= 11 is 0. The summed E-state index contributed by atoms with van der Waals surface area (Å²) < 4.78 is 5.30. The van der Waals surface area contributed by atoms with Crippen LogP contribution in [0.2, 0.25) is 0 Å². The highest BCUT2D eigenvalue weighted by molar-refractivity contribution is 5.72. The number of nitrogens with zero attached hydrogens (tertiary/aromatic N) is 2. The monoisotopic (exact) mass is 232 g/mol. The van der Waals surface area contributed by atoms with Gasteiger partial charge in [-0.2, -0.15) is 0 Å². The molecule has 1 aromatic heterocycles. The Morgan fingerprint density at radius 2 is 2.18 bits per heavy atom. The van der Waals surface area contributed by atoms with Gasteiger partial charge in [-0.1, -0.05) is 6.07 Å². The molecule has 1 unspecified atom stereocenters. The number of aliphatic hydroxyl groups excluding tert-OH is 1. The topological polar surface area (TPSA) is 49.5 Å². The average Bonchev–Trinajstić information content (AvgIpc) is 2.99. The third-order valence-electron chi connectivity index (χ3n) is 3.49. The Bertz CT molecular complexity index is 503. The summed E-state index contributed by atoms with van der Waals surface area (Å²) in [5.41, 5.74) is 2.77. The summed E-state index contributed by atoms with van der Waals surface area (Å²) in [5, 5.41) is 9.57. The molecule has 2 aromatic rings. The largest absolute Gasteiger partial charge is 0.443 e. The van der Waals surface area contributed by atoms with Crippen LogP contribution in [0, 0.1) is 0 Å². The van der Waals surface area contributed by atoms with Crippen molar-refractivity contribution in [3.05, 3.63) is 30.2 Å². The van der Waals surface area contributed by atoms with Crippen molar-refractivity contribution in [3.63, 3.8) is 0 Å². The lowest BCUT2D eigenvalue weighted by molar-refractivity contribution is 0.147. The maximum absolute atomic E-state index is 9.57. The van der Waals surface area contributed by atoms with Gasteiger partial charge >= 0.3 is 0 Å². The third kappa shape index (κ3) is 1.94. The van der Waals surface area contributed by atoms with Crippen molar-refractivity contribution in [3.8, 4) is 0 Å². The van der Waals surface area contributed by atoms with Crippen molar-refractivity contribution in [1.29, 1.82) is 0 Å². The molecule has 4 nitrogen and oxygen atoms in total. The van der Waals surface area contributed by atoms with Crippen molar-refractivity contribution in [2.45, 2.75) is 18.9 Å². The van der Waals surface area contributed by atoms with E-state index in [1.807, 2.05) is 18.2 Å². The fraction of sp³-hybridized carbons (Fsp3) is 0.462. The van der Waals surface area contributed by atoms with Crippen LogP contribution in [0.15, 0.2) is 29.0 Å². The van der Waals surface area contributed by atoms with Gasteiger partial charge in [-0.15, -0.1) is 0 Å². The summed E-state index contributed by atoms with van der Waals surface area (Å²) in [6, 6.07) is 6.06. The molecule has 1 fully saturated rings. The van der Waals surface area contributed by atoms with E-state index < -0.39 is 0 Å². The third-order valence-corrected chi connectivity index (χ3v) is 3.49. The minimum Gasteiger partial charge on any atom is -0.443 e. The number of hydrogen-bond donors (Lipinski definition) is 1. The van der Waals surface area contributed by atoms with Crippen LogP contribution in [0.1, 0.15) is 24.4 Å². The maximum Gasteiger partial charge on any atom is 0.181 e. The highest BCUT2D eigenvalue weighted by Gasteiger charge is 2.23. The standard InChI is InChI=1S/C13H16N2O2/c16-8-12(15-5-1-2-6-15)10-3-4-11-13(7-10)17-9-14-11/h3-4,7,9,12,16H,1-2,5-6,8H2. The number of benzene rings is 1. The first-order chi connectivity index (χ1) is 8.38. The number of fused-ring (bicyclic) bond motifs is 1. The Hall–Kier alpha value is -1.39. The zero-order valence-electron chi connectivity index (χ0n) is 9.67. The van der Waals surface area contributed by atoms with Crippen molar-refractivity contribution in [2.24, 2.45) is 0 Å². The van der Waals surface area contributed by atoms with E-state index >= 15 is 0 Å². The summed E-state index contributed by atoms with van der Waals surface area (Å²) in [7, 11) is 0.